The van der Waals surface area contributed by atoms with E-state index in [1.165, 1.54) is 6.33 Å². The number of carbonyl (C=O) groups excluding carboxylic acids is 1. The topological polar surface area (TPSA) is 94.8 Å². The number of nitrogens with zero attached hydrogens (tertiary/aromatic N) is 4. The lowest BCUT2D eigenvalue weighted by Crippen LogP contribution is -2.31. The zero-order valence-electron chi connectivity index (χ0n) is 15.7. The van der Waals surface area contributed by atoms with Crippen molar-refractivity contribution < 1.29 is 9.90 Å². The number of carbonyl (C=O) groups is 1. The van der Waals surface area contributed by atoms with Crippen molar-refractivity contribution in [2.75, 3.05) is 32.5 Å². The first-order chi connectivity index (χ1) is 12.9. The first-order valence-electron chi connectivity index (χ1n) is 8.72. The van der Waals surface area contributed by atoms with Gasteiger partial charge in [0.05, 0.1) is 23.3 Å². The molecule has 0 atom stereocenters. The van der Waals surface area contributed by atoms with Gasteiger partial charge in [0.25, 0.3) is 5.91 Å². The van der Waals surface area contributed by atoms with Crippen LogP contribution < -0.4 is 10.6 Å². The fourth-order valence-corrected chi connectivity index (χ4v) is 2.64. The number of aryl methyl sites for hydroxylation is 1. The van der Waals surface area contributed by atoms with Crippen molar-refractivity contribution in [1.82, 2.24) is 24.8 Å². The van der Waals surface area contributed by atoms with Crippen LogP contribution in [0.15, 0.2) is 36.8 Å². The molecule has 0 fully saturated rings. The molecular formula is C19H24N6O2. The van der Waals surface area contributed by atoms with Gasteiger partial charge in [0.15, 0.2) is 0 Å². The maximum absolute atomic E-state index is 12.3. The minimum atomic E-state index is -0.135. The van der Waals surface area contributed by atoms with E-state index in [0.717, 1.165) is 29.0 Å². The Morgan fingerprint density at radius 1 is 1.30 bits per heavy atom. The van der Waals surface area contributed by atoms with E-state index in [0.29, 0.717) is 18.7 Å². The van der Waals surface area contributed by atoms with Crippen LogP contribution in [-0.2, 0) is 6.54 Å². The molecule has 142 valence electrons. The maximum atomic E-state index is 12.3. The van der Waals surface area contributed by atoms with Crippen molar-refractivity contribution in [3.05, 3.63) is 53.6 Å². The van der Waals surface area contributed by atoms with Crippen LogP contribution in [0.4, 0.5) is 5.69 Å². The van der Waals surface area contributed by atoms with Crippen molar-refractivity contribution in [3.8, 4) is 5.75 Å². The lowest BCUT2D eigenvalue weighted by Gasteiger charge is -2.09. The van der Waals surface area contributed by atoms with Crippen LogP contribution in [0.5, 0.6) is 5.75 Å². The van der Waals surface area contributed by atoms with E-state index in [4.69, 9.17) is 0 Å². The molecule has 3 N–H and O–H groups in total. The summed E-state index contributed by atoms with van der Waals surface area (Å²) in [5, 5.41) is 20.1. The van der Waals surface area contributed by atoms with E-state index < -0.39 is 0 Å². The molecule has 1 amide bonds. The molecule has 2 heterocycles. The van der Waals surface area contributed by atoms with Gasteiger partial charge in [-0.25, -0.2) is 9.50 Å². The Morgan fingerprint density at radius 2 is 2.11 bits per heavy atom. The van der Waals surface area contributed by atoms with Crippen molar-refractivity contribution in [1.29, 1.82) is 0 Å². The highest BCUT2D eigenvalue weighted by Crippen LogP contribution is 2.21. The highest BCUT2D eigenvalue weighted by molar-refractivity contribution is 5.95. The summed E-state index contributed by atoms with van der Waals surface area (Å²) < 4.78 is 1.65. The predicted molar refractivity (Wildman–Crippen MR) is 104 cm³/mol. The van der Waals surface area contributed by atoms with E-state index in [1.54, 1.807) is 22.8 Å². The van der Waals surface area contributed by atoms with Gasteiger partial charge in [0.1, 0.15) is 12.1 Å². The van der Waals surface area contributed by atoms with Crippen LogP contribution in [0.1, 0.15) is 21.6 Å². The van der Waals surface area contributed by atoms with Gasteiger partial charge in [-0.3, -0.25) is 4.79 Å². The smallest absolute Gasteiger partial charge is 0.252 e. The fraction of sp³-hybridized carbons (Fsp3) is 0.316. The molecule has 0 aliphatic heterocycles. The molecule has 0 aliphatic carbocycles. The molecule has 1 aromatic carbocycles. The van der Waals surface area contributed by atoms with Gasteiger partial charge in [0, 0.05) is 31.0 Å². The second-order valence-corrected chi connectivity index (χ2v) is 6.68. The Balaban J connectivity index is 1.73. The molecule has 8 heteroatoms. The molecule has 0 saturated carbocycles. The number of hydrogen-bond acceptors (Lipinski definition) is 6. The first kappa shape index (κ1) is 18.7. The monoisotopic (exact) mass is 368 g/mol. The van der Waals surface area contributed by atoms with E-state index in [2.05, 4.69) is 20.7 Å². The van der Waals surface area contributed by atoms with Gasteiger partial charge in [-0.1, -0.05) is 6.07 Å². The average molecular weight is 368 g/mol. The van der Waals surface area contributed by atoms with E-state index >= 15 is 0 Å². The summed E-state index contributed by atoms with van der Waals surface area (Å²) in [6, 6.07) is 7.21. The molecule has 0 radical (unpaired) electrons. The molecule has 3 aromatic rings. The van der Waals surface area contributed by atoms with Crippen LogP contribution in [0.3, 0.4) is 0 Å². The summed E-state index contributed by atoms with van der Waals surface area (Å²) in [6.07, 6.45) is 3.16. The van der Waals surface area contributed by atoms with Gasteiger partial charge < -0.3 is 20.6 Å². The van der Waals surface area contributed by atoms with E-state index in [-0.39, 0.29) is 11.7 Å². The quantitative estimate of drug-likeness (QED) is 0.587. The molecule has 0 spiro atoms. The van der Waals surface area contributed by atoms with Crippen LogP contribution in [-0.4, -0.2) is 57.7 Å². The van der Waals surface area contributed by atoms with E-state index in [9.17, 15) is 9.90 Å². The Hall–Kier alpha value is -3.13. The number of rotatable bonds is 7. The Labute approximate surface area is 157 Å². The molecular weight excluding hydrogens is 344 g/mol. The van der Waals surface area contributed by atoms with Gasteiger partial charge in [-0.2, -0.15) is 5.10 Å². The molecule has 8 nitrogen and oxygen atoms in total. The summed E-state index contributed by atoms with van der Waals surface area (Å²) in [4.78, 5) is 18.7. The minimum absolute atomic E-state index is 0.135. The van der Waals surface area contributed by atoms with Crippen molar-refractivity contribution in [2.45, 2.75) is 13.5 Å². The summed E-state index contributed by atoms with van der Waals surface area (Å²) in [5.74, 6) is 0.108. The molecule has 0 bridgehead atoms. The summed E-state index contributed by atoms with van der Waals surface area (Å²) in [5.41, 5.74) is 3.68. The lowest BCUT2D eigenvalue weighted by molar-refractivity contribution is 0.0951. The zero-order chi connectivity index (χ0) is 19.4. The highest BCUT2D eigenvalue weighted by Gasteiger charge is 2.12. The van der Waals surface area contributed by atoms with Gasteiger partial charge in [0.2, 0.25) is 0 Å². The third-order valence-corrected chi connectivity index (χ3v) is 4.26. The summed E-state index contributed by atoms with van der Waals surface area (Å²) >= 11 is 0. The standard InChI is InChI=1S/C19H24N6O2/c1-13-4-5-15(9-18(13)26)21-10-16-17-8-14(11-25(17)23-12-22-16)19(27)20-6-7-24(2)3/h4-5,8-9,11-12,21,26H,6-7,10H2,1-3H3,(H,20,27). The molecule has 27 heavy (non-hydrogen) atoms. The SMILES string of the molecule is Cc1ccc(NCc2ncnn3cc(C(=O)NCCN(C)C)cc23)cc1O. The zero-order valence-corrected chi connectivity index (χ0v) is 15.7. The number of nitrogens with one attached hydrogen (secondary N) is 2. The number of phenolic OH excluding ortho intramolecular Hbond substituents is 1. The van der Waals surface area contributed by atoms with Gasteiger partial charge >= 0.3 is 0 Å². The number of likely N-dealkylation sites (N-methyl/N-ethyl adjacent to an activating group) is 1. The third-order valence-electron chi connectivity index (χ3n) is 4.26. The van der Waals surface area contributed by atoms with Crippen molar-refractivity contribution in [3.63, 3.8) is 0 Å². The Morgan fingerprint density at radius 3 is 2.85 bits per heavy atom. The molecule has 0 aliphatic rings. The van der Waals surface area contributed by atoms with Crippen LogP contribution in [0, 0.1) is 6.92 Å². The van der Waals surface area contributed by atoms with Crippen molar-refractivity contribution in [2.24, 2.45) is 0 Å². The number of aromatic nitrogens is 3. The van der Waals surface area contributed by atoms with E-state index in [1.807, 2.05) is 38.1 Å². The minimum Gasteiger partial charge on any atom is -0.508 e. The number of anilines is 1. The number of fused-ring (bicyclic) bond motifs is 1. The normalized spacial score (nSPS) is 11.1. The maximum Gasteiger partial charge on any atom is 0.252 e. The summed E-state index contributed by atoms with van der Waals surface area (Å²) in [6.45, 7) is 3.64. The molecule has 0 unspecified atom stereocenters. The number of amides is 1. The Bertz CT molecular complexity index is 951. The van der Waals surface area contributed by atoms with Gasteiger partial charge in [-0.15, -0.1) is 0 Å². The first-order valence-corrected chi connectivity index (χ1v) is 8.72. The highest BCUT2D eigenvalue weighted by atomic mass is 16.3. The second-order valence-electron chi connectivity index (χ2n) is 6.68. The number of phenols is 1. The van der Waals surface area contributed by atoms with Crippen LogP contribution in [0.25, 0.3) is 5.52 Å². The molecule has 0 saturated heterocycles. The Kier molecular flexibility index (Phi) is 5.56. The largest absolute Gasteiger partial charge is 0.508 e. The van der Waals surface area contributed by atoms with Crippen molar-refractivity contribution >= 4 is 17.1 Å². The number of benzene rings is 1. The third kappa shape index (κ3) is 4.53. The second kappa shape index (κ2) is 8.05. The van der Waals surface area contributed by atoms with Crippen LogP contribution in [0.2, 0.25) is 0 Å². The average Bonchev–Trinajstić information content (AvgIpc) is 3.07. The lowest BCUT2D eigenvalue weighted by atomic mass is 10.2. The number of aromatic hydroxyl groups is 1. The fourth-order valence-electron chi connectivity index (χ4n) is 2.64. The predicted octanol–water partition coefficient (Wildman–Crippen LogP) is 1.65. The molecule has 3 rings (SSSR count). The number of hydrogen-bond donors (Lipinski definition) is 3. The van der Waals surface area contributed by atoms with Gasteiger partial charge in [-0.05, 0) is 38.7 Å². The van der Waals surface area contributed by atoms with Crippen LogP contribution >= 0.6 is 0 Å². The molecule has 2 aromatic heterocycles. The summed E-state index contributed by atoms with van der Waals surface area (Å²) in [7, 11) is 3.92.